The van der Waals surface area contributed by atoms with Crippen LogP contribution in [0.2, 0.25) is 0 Å². The Morgan fingerprint density at radius 2 is 2.04 bits per heavy atom. The number of allylic oxidation sites excluding steroid dienone is 2. The highest BCUT2D eigenvalue weighted by atomic mass is 16.2. The Balaban J connectivity index is 1.57. The number of likely N-dealkylation sites (tertiary alicyclic amines) is 1. The van der Waals surface area contributed by atoms with Crippen molar-refractivity contribution in [3.63, 3.8) is 0 Å². The number of nitrogens with zero attached hydrogens (tertiary/aromatic N) is 2. The summed E-state index contributed by atoms with van der Waals surface area (Å²) in [5.74, 6) is 0.910. The van der Waals surface area contributed by atoms with Gasteiger partial charge in [0, 0.05) is 30.1 Å². The molecule has 146 valence electrons. The Labute approximate surface area is 165 Å². The number of aryl methyl sites for hydroxylation is 1. The third-order valence-corrected chi connectivity index (χ3v) is 5.93. The Kier molecular flexibility index (Phi) is 5.42. The zero-order valence-electron chi connectivity index (χ0n) is 16.4. The molecule has 2 atom stereocenters. The summed E-state index contributed by atoms with van der Waals surface area (Å²) in [5, 5.41) is 0. The molecule has 0 bridgehead atoms. The summed E-state index contributed by atoms with van der Waals surface area (Å²) in [6.07, 6.45) is 9.34. The van der Waals surface area contributed by atoms with Gasteiger partial charge in [-0.3, -0.25) is 9.59 Å². The maximum atomic E-state index is 13.0. The summed E-state index contributed by atoms with van der Waals surface area (Å²) < 4.78 is 0. The van der Waals surface area contributed by atoms with Crippen molar-refractivity contribution in [1.29, 1.82) is 0 Å². The normalized spacial score (nSPS) is 21.8. The minimum Gasteiger partial charge on any atom is -0.332 e. The fraction of sp³-hybridized carbons (Fsp3) is 0.435. The average molecular weight is 377 g/mol. The third-order valence-electron chi connectivity index (χ3n) is 5.93. The van der Waals surface area contributed by atoms with E-state index in [0.717, 1.165) is 49.9 Å². The van der Waals surface area contributed by atoms with E-state index in [-0.39, 0.29) is 23.4 Å². The highest BCUT2D eigenvalue weighted by Gasteiger charge is 2.35. The molecule has 0 spiro atoms. The quantitative estimate of drug-likeness (QED) is 0.827. The predicted molar refractivity (Wildman–Crippen MR) is 109 cm³/mol. The van der Waals surface area contributed by atoms with E-state index in [2.05, 4.69) is 17.1 Å². The van der Waals surface area contributed by atoms with Gasteiger partial charge in [-0.05, 0) is 44.6 Å². The van der Waals surface area contributed by atoms with E-state index in [0.29, 0.717) is 17.8 Å². The van der Waals surface area contributed by atoms with Crippen molar-refractivity contribution in [2.24, 2.45) is 5.92 Å². The van der Waals surface area contributed by atoms with Gasteiger partial charge in [0.25, 0.3) is 5.56 Å². The van der Waals surface area contributed by atoms with Gasteiger partial charge in [0.2, 0.25) is 5.91 Å². The number of nitrogens with one attached hydrogen (secondary N) is 1. The van der Waals surface area contributed by atoms with Gasteiger partial charge in [-0.2, -0.15) is 0 Å². The number of aromatic amines is 1. The van der Waals surface area contributed by atoms with Gasteiger partial charge < -0.3 is 9.88 Å². The van der Waals surface area contributed by atoms with E-state index in [1.54, 1.807) is 0 Å². The van der Waals surface area contributed by atoms with E-state index in [4.69, 9.17) is 4.98 Å². The maximum absolute atomic E-state index is 13.0. The lowest BCUT2D eigenvalue weighted by molar-refractivity contribution is -0.136. The first-order valence-electron chi connectivity index (χ1n) is 10.2. The maximum Gasteiger partial charge on any atom is 0.254 e. The van der Waals surface area contributed by atoms with Crippen molar-refractivity contribution in [2.75, 3.05) is 6.54 Å². The van der Waals surface area contributed by atoms with Crippen LogP contribution >= 0.6 is 0 Å². The van der Waals surface area contributed by atoms with Crippen LogP contribution < -0.4 is 5.56 Å². The number of H-pyrrole nitrogens is 1. The first-order chi connectivity index (χ1) is 13.6. The second-order valence-corrected chi connectivity index (χ2v) is 7.85. The minimum absolute atomic E-state index is 0.0655. The molecule has 2 heterocycles. The van der Waals surface area contributed by atoms with Crippen LogP contribution in [-0.4, -0.2) is 27.3 Å². The van der Waals surface area contributed by atoms with Crippen LogP contribution in [0.1, 0.15) is 60.8 Å². The fourth-order valence-corrected chi connectivity index (χ4v) is 4.37. The zero-order chi connectivity index (χ0) is 19.5. The first-order valence-corrected chi connectivity index (χ1v) is 10.2. The molecule has 0 saturated carbocycles. The molecular weight excluding hydrogens is 350 g/mol. The third kappa shape index (κ3) is 3.79. The molecule has 4 rings (SSSR count). The van der Waals surface area contributed by atoms with Crippen LogP contribution in [0.25, 0.3) is 0 Å². The second-order valence-electron chi connectivity index (χ2n) is 7.85. The molecule has 5 heteroatoms. The smallest absolute Gasteiger partial charge is 0.254 e. The van der Waals surface area contributed by atoms with E-state index in [1.807, 2.05) is 42.2 Å². The molecule has 5 nitrogen and oxygen atoms in total. The summed E-state index contributed by atoms with van der Waals surface area (Å²) in [5.41, 5.74) is 2.45. The van der Waals surface area contributed by atoms with Gasteiger partial charge in [0.1, 0.15) is 5.82 Å². The number of aromatic nitrogens is 2. The van der Waals surface area contributed by atoms with Gasteiger partial charge in [0.15, 0.2) is 0 Å². The average Bonchev–Trinajstić information content (AvgIpc) is 3.21. The molecule has 1 aromatic heterocycles. The largest absolute Gasteiger partial charge is 0.332 e. The van der Waals surface area contributed by atoms with Crippen LogP contribution in [-0.2, 0) is 11.2 Å². The number of amides is 1. The summed E-state index contributed by atoms with van der Waals surface area (Å²) in [6, 6.07) is 9.84. The lowest BCUT2D eigenvalue weighted by Gasteiger charge is -2.29. The minimum atomic E-state index is -0.115. The predicted octanol–water partition coefficient (Wildman–Crippen LogP) is 3.69. The molecule has 0 unspecified atom stereocenters. The first kappa shape index (κ1) is 18.7. The van der Waals surface area contributed by atoms with Crippen LogP contribution in [0.3, 0.4) is 0 Å². The standard InChI is InChI=1S/C23H27N3O2/c1-16-19(15-17-9-4-2-5-10-17)22(27)25-21(24-16)20-13-8-14-26(20)23(28)18-11-6-3-7-12-18/h2-6,9-10,18,20H,7-8,11-15H2,1H3,(H,24,25,27)/t18-,20-/m1/s1. The van der Waals surface area contributed by atoms with Crippen molar-refractivity contribution in [2.45, 2.75) is 51.5 Å². The number of hydrogen-bond donors (Lipinski definition) is 1. The van der Waals surface area contributed by atoms with Gasteiger partial charge in [0.05, 0.1) is 6.04 Å². The summed E-state index contributed by atoms with van der Waals surface area (Å²) in [6.45, 7) is 2.64. The molecule has 0 radical (unpaired) electrons. The van der Waals surface area contributed by atoms with Crippen molar-refractivity contribution < 1.29 is 4.79 Å². The van der Waals surface area contributed by atoms with E-state index in [9.17, 15) is 9.59 Å². The number of hydrogen-bond acceptors (Lipinski definition) is 3. The van der Waals surface area contributed by atoms with Crippen molar-refractivity contribution in [1.82, 2.24) is 14.9 Å². The molecule has 2 aliphatic rings. The van der Waals surface area contributed by atoms with Crippen LogP contribution in [0.15, 0.2) is 47.3 Å². The Morgan fingerprint density at radius 1 is 1.21 bits per heavy atom. The molecule has 1 aromatic carbocycles. The van der Waals surface area contributed by atoms with Gasteiger partial charge >= 0.3 is 0 Å². The number of benzene rings is 1. The SMILES string of the molecule is Cc1nc([C@H]2CCCN2C(=O)[C@@H]2CC=CCC2)[nH]c(=O)c1Cc1ccccc1. The van der Waals surface area contributed by atoms with Crippen LogP contribution in [0.4, 0.5) is 0 Å². The molecular formula is C23H27N3O2. The van der Waals surface area contributed by atoms with Gasteiger partial charge in [-0.15, -0.1) is 0 Å². The van der Waals surface area contributed by atoms with E-state index < -0.39 is 0 Å². The number of carbonyl (C=O) groups is 1. The molecule has 1 aliphatic heterocycles. The van der Waals surface area contributed by atoms with Crippen molar-refractivity contribution >= 4 is 5.91 Å². The lowest BCUT2D eigenvalue weighted by atomic mass is 9.93. The zero-order valence-corrected chi connectivity index (χ0v) is 16.4. The number of carbonyl (C=O) groups excluding carboxylic acids is 1. The Hall–Kier alpha value is -2.69. The highest BCUT2D eigenvalue weighted by Crippen LogP contribution is 2.33. The van der Waals surface area contributed by atoms with Crippen molar-refractivity contribution in [3.8, 4) is 0 Å². The molecule has 1 N–H and O–H groups in total. The van der Waals surface area contributed by atoms with Crippen LogP contribution in [0.5, 0.6) is 0 Å². The Bertz CT molecular complexity index is 933. The van der Waals surface area contributed by atoms with E-state index in [1.165, 1.54) is 0 Å². The molecule has 1 aliphatic carbocycles. The molecule has 28 heavy (non-hydrogen) atoms. The molecule has 1 saturated heterocycles. The highest BCUT2D eigenvalue weighted by molar-refractivity contribution is 5.80. The number of rotatable bonds is 4. The topological polar surface area (TPSA) is 66.1 Å². The van der Waals surface area contributed by atoms with Crippen molar-refractivity contribution in [3.05, 3.63) is 75.5 Å². The summed E-state index contributed by atoms with van der Waals surface area (Å²) in [4.78, 5) is 35.5. The summed E-state index contributed by atoms with van der Waals surface area (Å²) >= 11 is 0. The summed E-state index contributed by atoms with van der Waals surface area (Å²) in [7, 11) is 0. The monoisotopic (exact) mass is 377 g/mol. The molecule has 1 fully saturated rings. The molecule has 1 amide bonds. The second kappa shape index (κ2) is 8.13. The lowest BCUT2D eigenvalue weighted by Crippen LogP contribution is -2.37. The van der Waals surface area contributed by atoms with Crippen LogP contribution in [0, 0.1) is 12.8 Å². The Morgan fingerprint density at radius 3 is 2.75 bits per heavy atom. The van der Waals surface area contributed by atoms with E-state index >= 15 is 0 Å². The van der Waals surface area contributed by atoms with Gasteiger partial charge in [-0.1, -0.05) is 42.5 Å². The molecule has 2 aromatic rings. The van der Waals surface area contributed by atoms with Gasteiger partial charge in [-0.25, -0.2) is 4.98 Å². The fourth-order valence-electron chi connectivity index (χ4n) is 4.37.